The second-order valence-electron chi connectivity index (χ2n) is 2.74. The molecule has 1 aliphatic rings. The van der Waals surface area contributed by atoms with Gasteiger partial charge < -0.3 is 5.73 Å². The van der Waals surface area contributed by atoms with Crippen molar-refractivity contribution in [2.45, 2.75) is 31.7 Å². The van der Waals surface area contributed by atoms with Crippen molar-refractivity contribution < 1.29 is 4.79 Å². The summed E-state index contributed by atoms with van der Waals surface area (Å²) in [5.41, 5.74) is 5.55. The van der Waals surface area contributed by atoms with Gasteiger partial charge in [0.15, 0.2) is 0 Å². The fourth-order valence-electron chi connectivity index (χ4n) is 0.833. The summed E-state index contributed by atoms with van der Waals surface area (Å²) < 4.78 is 0. The van der Waals surface area contributed by atoms with Gasteiger partial charge in [0.1, 0.15) is 5.78 Å². The van der Waals surface area contributed by atoms with Crippen LogP contribution in [0.5, 0.6) is 0 Å². The molecule has 54 valence electrons. The third kappa shape index (κ3) is 2.82. The van der Waals surface area contributed by atoms with E-state index >= 15 is 0 Å². The highest BCUT2D eigenvalue weighted by Gasteiger charge is 2.38. The van der Waals surface area contributed by atoms with Crippen molar-refractivity contribution in [2.24, 2.45) is 5.73 Å². The molecule has 9 heavy (non-hydrogen) atoms. The first kappa shape index (κ1) is 8.92. The Hall–Kier alpha value is -0.0800. The van der Waals surface area contributed by atoms with Gasteiger partial charge in [-0.25, -0.2) is 0 Å². The Balaban J connectivity index is 0.000000640. The molecule has 0 spiro atoms. The first-order valence-corrected chi connectivity index (χ1v) is 2.91. The topological polar surface area (TPSA) is 43.1 Å². The maximum atomic E-state index is 10.4. The number of carbonyl (C=O) groups excluding carboxylic acids is 1. The van der Waals surface area contributed by atoms with E-state index in [1.54, 1.807) is 6.92 Å². The molecule has 1 aliphatic carbocycles. The quantitative estimate of drug-likeness (QED) is 0.634. The van der Waals surface area contributed by atoms with Crippen molar-refractivity contribution in [1.82, 2.24) is 0 Å². The Bertz CT molecular complexity index is 120. The lowest BCUT2D eigenvalue weighted by molar-refractivity contribution is -0.117. The van der Waals surface area contributed by atoms with E-state index in [1.165, 1.54) is 0 Å². The second-order valence-corrected chi connectivity index (χ2v) is 2.74. The molecule has 1 rings (SSSR count). The van der Waals surface area contributed by atoms with E-state index in [2.05, 4.69) is 0 Å². The average Bonchev–Trinajstić information content (AvgIpc) is 2.17. The molecule has 0 aliphatic heterocycles. The van der Waals surface area contributed by atoms with Gasteiger partial charge in [0.05, 0.1) is 0 Å². The predicted molar refractivity (Wildman–Crippen MR) is 38.7 cm³/mol. The molecule has 0 heterocycles. The van der Waals surface area contributed by atoms with Crippen LogP contribution in [-0.2, 0) is 4.79 Å². The molecule has 0 saturated heterocycles. The van der Waals surface area contributed by atoms with Gasteiger partial charge in [0, 0.05) is 12.0 Å². The van der Waals surface area contributed by atoms with Crippen LogP contribution >= 0.6 is 12.4 Å². The number of halogens is 1. The van der Waals surface area contributed by atoms with Gasteiger partial charge >= 0.3 is 0 Å². The molecular weight excluding hydrogens is 138 g/mol. The third-order valence-corrected chi connectivity index (χ3v) is 1.49. The first-order valence-electron chi connectivity index (χ1n) is 2.91. The maximum Gasteiger partial charge on any atom is 0.131 e. The van der Waals surface area contributed by atoms with E-state index in [0.717, 1.165) is 12.8 Å². The highest BCUT2D eigenvalue weighted by atomic mass is 35.5. The van der Waals surface area contributed by atoms with Crippen molar-refractivity contribution in [3.8, 4) is 0 Å². The van der Waals surface area contributed by atoms with E-state index in [4.69, 9.17) is 5.73 Å². The smallest absolute Gasteiger partial charge is 0.131 e. The van der Waals surface area contributed by atoms with Crippen LogP contribution in [-0.4, -0.2) is 11.3 Å². The minimum absolute atomic E-state index is 0. The van der Waals surface area contributed by atoms with Gasteiger partial charge in [-0.15, -0.1) is 12.4 Å². The van der Waals surface area contributed by atoms with E-state index in [0.29, 0.717) is 6.42 Å². The van der Waals surface area contributed by atoms with E-state index in [1.807, 2.05) is 0 Å². The predicted octanol–water partition coefficient (Wildman–Crippen LogP) is 0.879. The van der Waals surface area contributed by atoms with Crippen molar-refractivity contribution >= 4 is 18.2 Å². The molecular formula is C6H12ClNO. The van der Waals surface area contributed by atoms with Crippen LogP contribution in [0, 0.1) is 0 Å². The third-order valence-electron chi connectivity index (χ3n) is 1.49. The summed E-state index contributed by atoms with van der Waals surface area (Å²) in [5.74, 6) is 0.213. The fourth-order valence-corrected chi connectivity index (χ4v) is 0.833. The lowest BCUT2D eigenvalue weighted by Crippen LogP contribution is -2.24. The molecule has 0 atom stereocenters. The molecule has 2 nitrogen and oxygen atoms in total. The second kappa shape index (κ2) is 2.67. The summed E-state index contributed by atoms with van der Waals surface area (Å²) >= 11 is 0. The number of nitrogens with two attached hydrogens (primary N) is 1. The zero-order valence-corrected chi connectivity index (χ0v) is 6.33. The number of carbonyl (C=O) groups is 1. The van der Waals surface area contributed by atoms with Gasteiger partial charge in [0.2, 0.25) is 0 Å². The molecule has 2 N–H and O–H groups in total. The van der Waals surface area contributed by atoms with Crippen LogP contribution in [0.25, 0.3) is 0 Å². The highest BCUT2D eigenvalue weighted by molar-refractivity contribution is 5.85. The fraction of sp³-hybridized carbons (Fsp3) is 0.833. The zero-order chi connectivity index (χ0) is 6.20. The van der Waals surface area contributed by atoms with Crippen molar-refractivity contribution in [1.29, 1.82) is 0 Å². The molecule has 0 amide bonds. The molecule has 0 aromatic carbocycles. The van der Waals surface area contributed by atoms with Gasteiger partial charge in [-0.05, 0) is 19.8 Å². The molecule has 1 saturated carbocycles. The monoisotopic (exact) mass is 149 g/mol. The van der Waals surface area contributed by atoms with E-state index in [-0.39, 0.29) is 23.7 Å². The molecule has 0 aromatic heterocycles. The van der Waals surface area contributed by atoms with Crippen LogP contribution < -0.4 is 5.73 Å². The summed E-state index contributed by atoms with van der Waals surface area (Å²) in [7, 11) is 0. The van der Waals surface area contributed by atoms with Crippen molar-refractivity contribution in [3.05, 3.63) is 0 Å². The molecule has 0 radical (unpaired) electrons. The van der Waals surface area contributed by atoms with Crippen molar-refractivity contribution in [2.75, 3.05) is 0 Å². The summed E-state index contributed by atoms with van der Waals surface area (Å²) in [6, 6.07) is 0. The minimum atomic E-state index is -0.0775. The Labute approximate surface area is 61.2 Å². The van der Waals surface area contributed by atoms with Crippen LogP contribution in [0.2, 0.25) is 0 Å². The Morgan fingerprint density at radius 1 is 1.67 bits per heavy atom. The van der Waals surface area contributed by atoms with Crippen LogP contribution in [0.3, 0.4) is 0 Å². The average molecular weight is 150 g/mol. The van der Waals surface area contributed by atoms with Gasteiger partial charge in [-0.1, -0.05) is 0 Å². The highest BCUT2D eigenvalue weighted by Crippen LogP contribution is 2.35. The van der Waals surface area contributed by atoms with E-state index < -0.39 is 0 Å². The van der Waals surface area contributed by atoms with Crippen LogP contribution in [0.1, 0.15) is 26.2 Å². The zero-order valence-electron chi connectivity index (χ0n) is 5.52. The minimum Gasteiger partial charge on any atom is -0.325 e. The number of hydrogen-bond donors (Lipinski definition) is 1. The van der Waals surface area contributed by atoms with E-state index in [9.17, 15) is 4.79 Å². The molecule has 0 unspecified atom stereocenters. The lowest BCUT2D eigenvalue weighted by Gasteiger charge is -2.01. The summed E-state index contributed by atoms with van der Waals surface area (Å²) in [6.45, 7) is 1.59. The SMILES string of the molecule is CC(=O)CC1(N)CC1.Cl. The Morgan fingerprint density at radius 2 is 2.11 bits per heavy atom. The first-order chi connectivity index (χ1) is 3.62. The molecule has 0 aromatic rings. The maximum absolute atomic E-state index is 10.4. The Kier molecular flexibility index (Phi) is 2.65. The summed E-state index contributed by atoms with van der Waals surface area (Å²) in [5, 5.41) is 0. The molecule has 1 fully saturated rings. The Morgan fingerprint density at radius 3 is 2.22 bits per heavy atom. The number of Topliss-reactive ketones (excluding diaryl/α,β-unsaturated/α-hetero) is 1. The number of ketones is 1. The van der Waals surface area contributed by atoms with Gasteiger partial charge in [0.25, 0.3) is 0 Å². The lowest BCUT2D eigenvalue weighted by atomic mass is 10.1. The normalized spacial score (nSPS) is 20.2. The van der Waals surface area contributed by atoms with Crippen LogP contribution in [0.15, 0.2) is 0 Å². The largest absolute Gasteiger partial charge is 0.325 e. The number of rotatable bonds is 2. The molecule has 3 heteroatoms. The van der Waals surface area contributed by atoms with Gasteiger partial charge in [-0.3, -0.25) is 4.79 Å². The number of hydrogen-bond acceptors (Lipinski definition) is 2. The van der Waals surface area contributed by atoms with Gasteiger partial charge in [-0.2, -0.15) is 0 Å². The summed E-state index contributed by atoms with van der Waals surface area (Å²) in [6.07, 6.45) is 2.64. The standard InChI is InChI=1S/C6H11NO.ClH/c1-5(8)4-6(7)2-3-6;/h2-4,7H2,1H3;1H. The van der Waals surface area contributed by atoms with Crippen LogP contribution in [0.4, 0.5) is 0 Å². The molecule has 0 bridgehead atoms. The summed E-state index contributed by atoms with van der Waals surface area (Å²) in [4.78, 5) is 10.4. The van der Waals surface area contributed by atoms with Crippen molar-refractivity contribution in [3.63, 3.8) is 0 Å².